The van der Waals surface area contributed by atoms with Gasteiger partial charge in [0.25, 0.3) is 5.56 Å². The summed E-state index contributed by atoms with van der Waals surface area (Å²) in [6.45, 7) is 1.16. The number of hydrogen-bond donors (Lipinski definition) is 1. The van der Waals surface area contributed by atoms with Crippen LogP contribution < -0.4 is 16.2 Å². The van der Waals surface area contributed by atoms with Crippen molar-refractivity contribution in [3.63, 3.8) is 0 Å². The molecule has 1 aromatic heterocycles. The van der Waals surface area contributed by atoms with Crippen molar-refractivity contribution in [2.45, 2.75) is 12.5 Å². The molecule has 1 fully saturated rings. The highest BCUT2D eigenvalue weighted by Crippen LogP contribution is 2.21. The van der Waals surface area contributed by atoms with E-state index in [9.17, 15) is 9.59 Å². The minimum absolute atomic E-state index is 0.0714. The first-order valence-electron chi connectivity index (χ1n) is 5.54. The normalized spacial score (nSPS) is 19.0. The largest absolute Gasteiger partial charge is 0.444 e. The number of amides is 1. The zero-order chi connectivity index (χ0) is 13.3. The van der Waals surface area contributed by atoms with E-state index in [-0.39, 0.29) is 11.7 Å². The van der Waals surface area contributed by atoms with Gasteiger partial charge in [0.05, 0.1) is 6.54 Å². The summed E-state index contributed by atoms with van der Waals surface area (Å²) in [5.41, 5.74) is 5.51. The van der Waals surface area contributed by atoms with Crippen molar-refractivity contribution >= 4 is 27.7 Å². The highest BCUT2D eigenvalue weighted by molar-refractivity contribution is 9.10. The van der Waals surface area contributed by atoms with Crippen LogP contribution in [-0.2, 0) is 11.8 Å². The molecule has 18 heavy (non-hydrogen) atoms. The molecule has 0 spiro atoms. The molecule has 0 aliphatic carbocycles. The van der Waals surface area contributed by atoms with Crippen LogP contribution in [0.3, 0.4) is 0 Å². The van der Waals surface area contributed by atoms with Crippen LogP contribution >= 0.6 is 15.9 Å². The van der Waals surface area contributed by atoms with Crippen molar-refractivity contribution in [1.29, 1.82) is 0 Å². The van der Waals surface area contributed by atoms with Crippen molar-refractivity contribution in [2.24, 2.45) is 12.8 Å². The minimum atomic E-state index is -0.774. The maximum absolute atomic E-state index is 12.0. The van der Waals surface area contributed by atoms with Gasteiger partial charge in [-0.1, -0.05) is 0 Å². The first kappa shape index (κ1) is 12.9. The van der Waals surface area contributed by atoms with Crippen LogP contribution in [0.4, 0.5) is 10.5 Å². The molecule has 6 nitrogen and oxygen atoms in total. The first-order chi connectivity index (χ1) is 8.47. The Morgan fingerprint density at radius 1 is 1.61 bits per heavy atom. The standard InChI is InChI=1S/C11H14BrN3O3/c1-14-5-7(12)4-9(10(14)16)15-3-2-8(6-15)18-11(13)17/h4-5,8H,2-3,6H2,1H3,(H2,13,17). The number of hydrogen-bond acceptors (Lipinski definition) is 4. The van der Waals surface area contributed by atoms with Gasteiger partial charge in [-0.05, 0) is 22.0 Å². The molecule has 0 bridgehead atoms. The van der Waals surface area contributed by atoms with E-state index in [4.69, 9.17) is 10.5 Å². The number of aryl methyl sites for hydroxylation is 1. The summed E-state index contributed by atoms with van der Waals surface area (Å²) in [7, 11) is 1.70. The van der Waals surface area contributed by atoms with E-state index in [1.54, 1.807) is 19.3 Å². The number of rotatable bonds is 2. The second kappa shape index (κ2) is 5.01. The Labute approximate surface area is 112 Å². The summed E-state index contributed by atoms with van der Waals surface area (Å²) in [5.74, 6) is 0. The second-order valence-electron chi connectivity index (χ2n) is 4.25. The van der Waals surface area contributed by atoms with E-state index in [0.717, 1.165) is 4.47 Å². The lowest BCUT2D eigenvalue weighted by molar-refractivity contribution is 0.117. The number of halogens is 1. The number of nitrogens with two attached hydrogens (primary N) is 1. The van der Waals surface area contributed by atoms with Gasteiger partial charge in [0, 0.05) is 30.7 Å². The molecule has 1 atom stereocenters. The number of carbonyl (C=O) groups excluding carboxylic acids is 1. The summed E-state index contributed by atoms with van der Waals surface area (Å²) in [4.78, 5) is 24.6. The van der Waals surface area contributed by atoms with Crippen molar-refractivity contribution in [1.82, 2.24) is 4.57 Å². The fourth-order valence-corrected chi connectivity index (χ4v) is 2.61. The molecule has 0 radical (unpaired) electrons. The topological polar surface area (TPSA) is 77.6 Å². The van der Waals surface area contributed by atoms with Crippen molar-refractivity contribution in [3.05, 3.63) is 27.1 Å². The van der Waals surface area contributed by atoms with Gasteiger partial charge in [-0.2, -0.15) is 0 Å². The molecule has 1 aliphatic heterocycles. The molecular weight excluding hydrogens is 302 g/mol. The van der Waals surface area contributed by atoms with E-state index < -0.39 is 6.09 Å². The SMILES string of the molecule is Cn1cc(Br)cc(N2CCC(OC(N)=O)C2)c1=O. The third kappa shape index (κ3) is 2.66. The Bertz CT molecular complexity index is 529. The first-order valence-corrected chi connectivity index (χ1v) is 6.34. The van der Waals surface area contributed by atoms with Crippen LogP contribution in [0.15, 0.2) is 21.5 Å². The summed E-state index contributed by atoms with van der Waals surface area (Å²) >= 11 is 3.36. The molecule has 1 aliphatic rings. The van der Waals surface area contributed by atoms with Crippen molar-refractivity contribution in [2.75, 3.05) is 18.0 Å². The molecule has 0 saturated carbocycles. The van der Waals surface area contributed by atoms with Gasteiger partial charge in [-0.25, -0.2) is 4.79 Å². The average Bonchev–Trinajstić information content (AvgIpc) is 2.70. The lowest BCUT2D eigenvalue weighted by Crippen LogP contribution is -2.31. The molecule has 2 N–H and O–H groups in total. The molecule has 2 heterocycles. The molecule has 1 aromatic rings. The van der Waals surface area contributed by atoms with Gasteiger partial charge in [-0.3, -0.25) is 4.79 Å². The second-order valence-corrected chi connectivity index (χ2v) is 5.17. The lowest BCUT2D eigenvalue weighted by Gasteiger charge is -2.18. The fraction of sp³-hybridized carbons (Fsp3) is 0.455. The number of ether oxygens (including phenoxy) is 1. The molecule has 1 saturated heterocycles. The van der Waals surface area contributed by atoms with E-state index in [1.807, 2.05) is 4.90 Å². The van der Waals surface area contributed by atoms with Gasteiger partial charge in [0.15, 0.2) is 0 Å². The predicted octanol–water partition coefficient (Wildman–Crippen LogP) is 0.822. The van der Waals surface area contributed by atoms with Crippen LogP contribution in [0.1, 0.15) is 6.42 Å². The Morgan fingerprint density at radius 3 is 3.00 bits per heavy atom. The number of anilines is 1. The Morgan fingerprint density at radius 2 is 2.33 bits per heavy atom. The Balaban J connectivity index is 2.19. The molecule has 0 aromatic carbocycles. The van der Waals surface area contributed by atoms with Crippen LogP contribution in [0.25, 0.3) is 0 Å². The van der Waals surface area contributed by atoms with Gasteiger partial charge in [0.2, 0.25) is 0 Å². The van der Waals surface area contributed by atoms with E-state index in [1.165, 1.54) is 4.57 Å². The maximum Gasteiger partial charge on any atom is 0.404 e. The molecule has 2 rings (SSSR count). The molecule has 1 amide bonds. The summed E-state index contributed by atoms with van der Waals surface area (Å²) in [6.07, 6.45) is 1.37. The predicted molar refractivity (Wildman–Crippen MR) is 70.7 cm³/mol. The Kier molecular flexibility index (Phi) is 3.60. The monoisotopic (exact) mass is 315 g/mol. The van der Waals surface area contributed by atoms with E-state index >= 15 is 0 Å². The quantitative estimate of drug-likeness (QED) is 0.876. The third-order valence-corrected chi connectivity index (χ3v) is 3.33. The highest BCUT2D eigenvalue weighted by atomic mass is 79.9. The van der Waals surface area contributed by atoms with Crippen molar-refractivity contribution < 1.29 is 9.53 Å². The van der Waals surface area contributed by atoms with Crippen LogP contribution in [-0.4, -0.2) is 29.9 Å². The minimum Gasteiger partial charge on any atom is -0.444 e. The number of aromatic nitrogens is 1. The molecule has 98 valence electrons. The summed E-state index contributed by atoms with van der Waals surface area (Å²) in [5, 5.41) is 0. The van der Waals surface area contributed by atoms with Gasteiger partial charge < -0.3 is 19.9 Å². The average molecular weight is 316 g/mol. The van der Waals surface area contributed by atoms with Crippen LogP contribution in [0, 0.1) is 0 Å². The molecular formula is C11H14BrN3O3. The number of carbonyl (C=O) groups is 1. The number of nitrogens with zero attached hydrogens (tertiary/aromatic N) is 2. The smallest absolute Gasteiger partial charge is 0.404 e. The summed E-state index contributed by atoms with van der Waals surface area (Å²) < 4.78 is 7.29. The summed E-state index contributed by atoms with van der Waals surface area (Å²) in [6, 6.07) is 1.77. The van der Waals surface area contributed by atoms with Gasteiger partial charge >= 0.3 is 6.09 Å². The fourth-order valence-electron chi connectivity index (χ4n) is 2.09. The lowest BCUT2D eigenvalue weighted by atomic mass is 10.3. The molecule has 1 unspecified atom stereocenters. The number of primary amides is 1. The highest BCUT2D eigenvalue weighted by Gasteiger charge is 2.27. The van der Waals surface area contributed by atoms with Crippen LogP contribution in [0.2, 0.25) is 0 Å². The zero-order valence-electron chi connectivity index (χ0n) is 9.93. The van der Waals surface area contributed by atoms with E-state index in [0.29, 0.717) is 25.2 Å². The van der Waals surface area contributed by atoms with Gasteiger partial charge in [0.1, 0.15) is 11.8 Å². The van der Waals surface area contributed by atoms with Crippen molar-refractivity contribution in [3.8, 4) is 0 Å². The Hall–Kier alpha value is -1.50. The molecule has 7 heteroatoms. The maximum atomic E-state index is 12.0. The zero-order valence-corrected chi connectivity index (χ0v) is 11.5. The van der Waals surface area contributed by atoms with Crippen LogP contribution in [0.5, 0.6) is 0 Å². The number of pyridine rings is 1. The third-order valence-electron chi connectivity index (χ3n) is 2.90. The van der Waals surface area contributed by atoms with Gasteiger partial charge in [-0.15, -0.1) is 0 Å². The van der Waals surface area contributed by atoms with E-state index in [2.05, 4.69) is 15.9 Å².